The molecule has 3 heterocycles. The van der Waals surface area contributed by atoms with Crippen molar-refractivity contribution in [3.05, 3.63) is 59.8 Å². The molecule has 31 heavy (non-hydrogen) atoms. The third kappa shape index (κ3) is 4.89. The molecule has 2 aromatic heterocycles. The first kappa shape index (κ1) is 21.0. The van der Waals surface area contributed by atoms with E-state index in [1.54, 1.807) is 4.40 Å². The van der Waals surface area contributed by atoms with Crippen LogP contribution < -0.4 is 5.32 Å². The van der Waals surface area contributed by atoms with Crippen LogP contribution in [-0.2, 0) is 11.3 Å². The van der Waals surface area contributed by atoms with E-state index in [-0.39, 0.29) is 24.6 Å². The van der Waals surface area contributed by atoms with Crippen molar-refractivity contribution in [3.63, 3.8) is 0 Å². The molecular weight excluding hydrogens is 411 g/mol. The molecule has 3 aromatic rings. The quantitative estimate of drug-likeness (QED) is 0.635. The van der Waals surface area contributed by atoms with E-state index >= 15 is 0 Å². The summed E-state index contributed by atoms with van der Waals surface area (Å²) >= 11 is 0. The second kappa shape index (κ2) is 9.23. The zero-order chi connectivity index (χ0) is 21.8. The van der Waals surface area contributed by atoms with Gasteiger partial charge in [0.15, 0.2) is 5.65 Å². The number of carbonyl (C=O) groups excluding carboxylic acids is 1. The zero-order valence-electron chi connectivity index (χ0n) is 16.6. The Morgan fingerprint density at radius 1 is 1.19 bits per heavy atom. The second-order valence-electron chi connectivity index (χ2n) is 7.44. The van der Waals surface area contributed by atoms with Crippen molar-refractivity contribution in [1.29, 1.82) is 0 Å². The zero-order valence-corrected chi connectivity index (χ0v) is 16.6. The van der Waals surface area contributed by atoms with E-state index in [1.165, 1.54) is 29.2 Å². The lowest BCUT2D eigenvalue weighted by Crippen LogP contribution is -2.46. The summed E-state index contributed by atoms with van der Waals surface area (Å²) in [5.74, 6) is 0.268. The lowest BCUT2D eigenvalue weighted by molar-refractivity contribution is 0.0543. The summed E-state index contributed by atoms with van der Waals surface area (Å²) < 4.78 is 46.9. The van der Waals surface area contributed by atoms with E-state index in [1.807, 2.05) is 24.4 Å². The summed E-state index contributed by atoms with van der Waals surface area (Å²) in [7, 11) is 0. The van der Waals surface area contributed by atoms with Gasteiger partial charge in [-0.15, -0.1) is 10.2 Å². The molecule has 1 fully saturated rings. The number of nitrogens with one attached hydrogen (secondary N) is 1. The number of amides is 1. The van der Waals surface area contributed by atoms with E-state index in [0.717, 1.165) is 0 Å². The maximum Gasteiger partial charge on any atom is 0.410 e. The smallest absolute Gasteiger partial charge is 0.410 e. The maximum absolute atomic E-state index is 14.7. The molecule has 0 saturated carbocycles. The SMILES string of the molecule is O=C(OCc1ccc(C(F)F)cc1)N1CC[C@H](CNc2nnc3ccccn23)[C@H](F)C1. The number of aromatic nitrogens is 3. The minimum absolute atomic E-state index is 0.0548. The van der Waals surface area contributed by atoms with Gasteiger partial charge in [0.1, 0.15) is 12.8 Å². The molecule has 0 unspecified atom stereocenters. The molecule has 4 rings (SSSR count). The van der Waals surface area contributed by atoms with Crippen LogP contribution in [0.25, 0.3) is 5.65 Å². The Morgan fingerprint density at radius 3 is 2.74 bits per heavy atom. The largest absolute Gasteiger partial charge is 0.445 e. The van der Waals surface area contributed by atoms with Crippen LogP contribution in [0.3, 0.4) is 0 Å². The Hall–Kier alpha value is -3.30. The van der Waals surface area contributed by atoms with E-state index in [2.05, 4.69) is 15.5 Å². The highest BCUT2D eigenvalue weighted by Gasteiger charge is 2.32. The third-order valence-electron chi connectivity index (χ3n) is 5.36. The number of likely N-dealkylation sites (tertiary alicyclic amines) is 1. The molecule has 1 aliphatic rings. The van der Waals surface area contributed by atoms with Crippen molar-refractivity contribution in [1.82, 2.24) is 19.5 Å². The second-order valence-corrected chi connectivity index (χ2v) is 7.44. The van der Waals surface area contributed by atoms with Crippen molar-refractivity contribution >= 4 is 17.7 Å². The molecule has 0 aliphatic carbocycles. The van der Waals surface area contributed by atoms with Crippen molar-refractivity contribution in [2.24, 2.45) is 5.92 Å². The van der Waals surface area contributed by atoms with Gasteiger partial charge in [0.25, 0.3) is 6.43 Å². The fraction of sp³-hybridized carbons (Fsp3) is 0.381. The number of nitrogens with zero attached hydrogens (tertiary/aromatic N) is 4. The van der Waals surface area contributed by atoms with Crippen LogP contribution in [0, 0.1) is 5.92 Å². The molecule has 1 saturated heterocycles. The van der Waals surface area contributed by atoms with Crippen molar-refractivity contribution < 1.29 is 22.7 Å². The maximum atomic E-state index is 14.7. The highest BCUT2D eigenvalue weighted by Crippen LogP contribution is 2.23. The predicted molar refractivity (Wildman–Crippen MR) is 108 cm³/mol. The van der Waals surface area contributed by atoms with Gasteiger partial charge >= 0.3 is 6.09 Å². The lowest BCUT2D eigenvalue weighted by atomic mass is 9.95. The van der Waals surface area contributed by atoms with Gasteiger partial charge in [0.05, 0.1) is 6.54 Å². The van der Waals surface area contributed by atoms with Crippen LogP contribution in [0.1, 0.15) is 24.0 Å². The standard InChI is InChI=1S/C21H22F3N5O2/c22-17-12-28(21(30)31-13-14-4-6-15(7-5-14)19(23)24)10-8-16(17)11-25-20-27-26-18-3-1-2-9-29(18)20/h1-7,9,16-17,19H,8,10-13H2,(H,25,27)/t16-,17-/m1/s1. The van der Waals surface area contributed by atoms with E-state index in [4.69, 9.17) is 4.74 Å². The summed E-state index contributed by atoms with van der Waals surface area (Å²) in [6, 6.07) is 11.1. The number of piperidine rings is 1. The monoisotopic (exact) mass is 433 g/mol. The van der Waals surface area contributed by atoms with Crippen LogP contribution in [0.5, 0.6) is 0 Å². The van der Waals surface area contributed by atoms with Gasteiger partial charge in [0.2, 0.25) is 5.95 Å². The molecule has 2 atom stereocenters. The number of pyridine rings is 1. The van der Waals surface area contributed by atoms with Gasteiger partial charge in [-0.05, 0) is 24.1 Å². The first-order valence-electron chi connectivity index (χ1n) is 9.97. The highest BCUT2D eigenvalue weighted by atomic mass is 19.3. The Kier molecular flexibility index (Phi) is 6.24. The van der Waals surface area contributed by atoms with Crippen LogP contribution in [0.15, 0.2) is 48.7 Å². The summed E-state index contributed by atoms with van der Waals surface area (Å²) in [6.45, 7) is 0.629. The Morgan fingerprint density at radius 2 is 2.00 bits per heavy atom. The third-order valence-corrected chi connectivity index (χ3v) is 5.36. The Labute approximate surface area is 176 Å². The minimum atomic E-state index is -2.54. The number of halogens is 3. The first-order valence-corrected chi connectivity index (χ1v) is 9.97. The fourth-order valence-electron chi connectivity index (χ4n) is 3.53. The van der Waals surface area contributed by atoms with Gasteiger partial charge in [-0.25, -0.2) is 18.0 Å². The van der Waals surface area contributed by atoms with Gasteiger partial charge in [-0.2, -0.15) is 0 Å². The Bertz CT molecular complexity index is 1030. The number of alkyl halides is 3. The van der Waals surface area contributed by atoms with Crippen LogP contribution in [0.4, 0.5) is 23.9 Å². The fourth-order valence-corrected chi connectivity index (χ4v) is 3.53. The van der Waals surface area contributed by atoms with Crippen molar-refractivity contribution in [3.8, 4) is 0 Å². The highest BCUT2D eigenvalue weighted by molar-refractivity contribution is 5.67. The van der Waals surface area contributed by atoms with E-state index in [0.29, 0.717) is 36.7 Å². The number of carbonyl (C=O) groups is 1. The molecule has 1 aromatic carbocycles. The Balaban J connectivity index is 1.25. The normalized spacial score (nSPS) is 19.0. The van der Waals surface area contributed by atoms with Gasteiger partial charge in [-0.3, -0.25) is 4.40 Å². The van der Waals surface area contributed by atoms with E-state index in [9.17, 15) is 18.0 Å². The minimum Gasteiger partial charge on any atom is -0.445 e. The molecule has 10 heteroatoms. The number of ether oxygens (including phenoxy) is 1. The van der Waals surface area contributed by atoms with Crippen LogP contribution in [-0.4, -0.2) is 51.4 Å². The number of hydrogen-bond donors (Lipinski definition) is 1. The molecule has 7 nitrogen and oxygen atoms in total. The van der Waals surface area contributed by atoms with Crippen LogP contribution >= 0.6 is 0 Å². The average Bonchev–Trinajstić information content (AvgIpc) is 3.20. The van der Waals surface area contributed by atoms with Gasteiger partial charge in [0, 0.05) is 30.8 Å². The summed E-state index contributed by atoms with van der Waals surface area (Å²) in [6.07, 6.45) is -2.07. The number of hydrogen-bond acceptors (Lipinski definition) is 5. The first-order chi connectivity index (χ1) is 15.0. The topological polar surface area (TPSA) is 71.8 Å². The molecule has 0 spiro atoms. The lowest BCUT2D eigenvalue weighted by Gasteiger charge is -2.34. The van der Waals surface area contributed by atoms with Gasteiger partial charge in [-0.1, -0.05) is 30.3 Å². The number of anilines is 1. The van der Waals surface area contributed by atoms with Crippen molar-refractivity contribution in [2.45, 2.75) is 25.6 Å². The van der Waals surface area contributed by atoms with E-state index < -0.39 is 18.7 Å². The molecule has 0 bridgehead atoms. The average molecular weight is 433 g/mol. The predicted octanol–water partition coefficient (Wildman–Crippen LogP) is 4.08. The number of fused-ring (bicyclic) bond motifs is 1. The summed E-state index contributed by atoms with van der Waals surface area (Å²) in [5, 5.41) is 11.2. The summed E-state index contributed by atoms with van der Waals surface area (Å²) in [4.78, 5) is 13.6. The molecule has 1 amide bonds. The summed E-state index contributed by atoms with van der Waals surface area (Å²) in [5.41, 5.74) is 1.20. The number of benzene rings is 1. The van der Waals surface area contributed by atoms with Crippen LogP contribution in [0.2, 0.25) is 0 Å². The molecule has 0 radical (unpaired) electrons. The molecule has 1 N–H and O–H groups in total. The van der Waals surface area contributed by atoms with Gasteiger partial charge < -0.3 is 15.0 Å². The molecule has 1 aliphatic heterocycles. The van der Waals surface area contributed by atoms with Crippen molar-refractivity contribution in [2.75, 3.05) is 25.0 Å². The molecule has 164 valence electrons. The number of rotatable bonds is 6. The molecular formula is C21H22F3N5O2.